The topological polar surface area (TPSA) is 46.5 Å². The van der Waals surface area contributed by atoms with Gasteiger partial charge in [-0.2, -0.15) is 0 Å². The molecule has 1 unspecified atom stereocenters. The Morgan fingerprint density at radius 2 is 2.25 bits per heavy atom. The summed E-state index contributed by atoms with van der Waals surface area (Å²) >= 11 is 3.41. The summed E-state index contributed by atoms with van der Waals surface area (Å²) in [5.74, 6) is -0.322. The molecule has 3 nitrogen and oxygen atoms in total. The minimum absolute atomic E-state index is 0.255. The maximum Gasteiger partial charge on any atom is 0.311 e. The van der Waals surface area contributed by atoms with E-state index >= 15 is 0 Å². The van der Waals surface area contributed by atoms with Gasteiger partial charge in [0, 0.05) is 10.0 Å². The molecule has 1 atom stereocenters. The van der Waals surface area contributed by atoms with Crippen LogP contribution in [0.1, 0.15) is 24.3 Å². The minimum atomic E-state index is -0.771. The van der Waals surface area contributed by atoms with E-state index in [0.29, 0.717) is 5.75 Å². The third-order valence-electron chi connectivity index (χ3n) is 2.90. The van der Waals surface area contributed by atoms with Gasteiger partial charge in [-0.1, -0.05) is 22.0 Å². The fraction of sp³-hybridized carbons (Fsp3) is 0.417. The maximum absolute atomic E-state index is 11.3. The van der Waals surface area contributed by atoms with Gasteiger partial charge in [0.2, 0.25) is 0 Å². The van der Waals surface area contributed by atoms with Crippen molar-refractivity contribution in [3.8, 4) is 5.75 Å². The molecule has 1 aliphatic rings. The van der Waals surface area contributed by atoms with Crippen LogP contribution in [-0.4, -0.2) is 18.2 Å². The molecule has 0 heterocycles. The molecule has 1 N–H and O–H groups in total. The van der Waals surface area contributed by atoms with Gasteiger partial charge >= 0.3 is 5.97 Å². The summed E-state index contributed by atoms with van der Waals surface area (Å²) in [6.45, 7) is 0. The SMILES string of the molecule is COc1cccc(Br)c1C(C(=O)O)C1CC1. The molecular weight excluding hydrogens is 272 g/mol. The number of halogens is 1. The first-order valence-corrected chi connectivity index (χ1v) is 5.99. The van der Waals surface area contributed by atoms with Gasteiger partial charge in [-0.05, 0) is 30.9 Å². The smallest absolute Gasteiger partial charge is 0.311 e. The van der Waals surface area contributed by atoms with Gasteiger partial charge in [0.1, 0.15) is 5.75 Å². The fourth-order valence-electron chi connectivity index (χ4n) is 1.99. The Morgan fingerprint density at radius 1 is 1.56 bits per heavy atom. The van der Waals surface area contributed by atoms with Crippen LogP contribution in [0.4, 0.5) is 0 Å². The molecule has 2 rings (SSSR count). The van der Waals surface area contributed by atoms with E-state index in [1.54, 1.807) is 13.2 Å². The number of ether oxygens (including phenoxy) is 1. The Balaban J connectivity index is 2.46. The van der Waals surface area contributed by atoms with Crippen molar-refractivity contribution in [1.82, 2.24) is 0 Å². The van der Waals surface area contributed by atoms with Crippen LogP contribution in [0.2, 0.25) is 0 Å². The summed E-state index contributed by atoms with van der Waals surface area (Å²) in [7, 11) is 1.57. The first-order chi connectivity index (χ1) is 7.65. The van der Waals surface area contributed by atoms with E-state index in [0.717, 1.165) is 22.9 Å². The predicted molar refractivity (Wildman–Crippen MR) is 63.8 cm³/mol. The summed E-state index contributed by atoms with van der Waals surface area (Å²) in [5, 5.41) is 9.31. The van der Waals surface area contributed by atoms with Crippen LogP contribution in [0.25, 0.3) is 0 Å². The third kappa shape index (κ3) is 2.07. The number of methoxy groups -OCH3 is 1. The lowest BCUT2D eigenvalue weighted by molar-refractivity contribution is -0.139. The highest BCUT2D eigenvalue weighted by Gasteiger charge is 2.39. The van der Waals surface area contributed by atoms with Crippen LogP contribution in [0, 0.1) is 5.92 Å². The van der Waals surface area contributed by atoms with Crippen molar-refractivity contribution in [3.63, 3.8) is 0 Å². The molecule has 0 bridgehead atoms. The van der Waals surface area contributed by atoms with Crippen LogP contribution in [-0.2, 0) is 4.79 Å². The van der Waals surface area contributed by atoms with E-state index in [4.69, 9.17) is 4.74 Å². The number of rotatable bonds is 4. The molecule has 1 aromatic rings. The van der Waals surface area contributed by atoms with Crippen molar-refractivity contribution in [2.45, 2.75) is 18.8 Å². The molecule has 86 valence electrons. The molecular formula is C12H13BrO3. The van der Waals surface area contributed by atoms with Crippen LogP contribution >= 0.6 is 15.9 Å². The molecule has 0 aliphatic heterocycles. The molecule has 1 aliphatic carbocycles. The van der Waals surface area contributed by atoms with Crippen molar-refractivity contribution in [3.05, 3.63) is 28.2 Å². The number of hydrogen-bond donors (Lipinski definition) is 1. The number of benzene rings is 1. The average Bonchev–Trinajstić information content (AvgIpc) is 3.04. The molecule has 4 heteroatoms. The normalized spacial score (nSPS) is 16.9. The second kappa shape index (κ2) is 4.45. The van der Waals surface area contributed by atoms with Gasteiger partial charge in [0.05, 0.1) is 13.0 Å². The standard InChI is InChI=1S/C12H13BrO3/c1-16-9-4-2-3-8(13)11(9)10(12(14)15)7-5-6-7/h2-4,7,10H,5-6H2,1H3,(H,14,15). The van der Waals surface area contributed by atoms with Gasteiger partial charge in [0.25, 0.3) is 0 Å². The highest BCUT2D eigenvalue weighted by Crippen LogP contribution is 2.47. The molecule has 1 fully saturated rings. The van der Waals surface area contributed by atoms with Gasteiger partial charge in [-0.25, -0.2) is 0 Å². The highest BCUT2D eigenvalue weighted by molar-refractivity contribution is 9.10. The quantitative estimate of drug-likeness (QED) is 0.925. The van der Waals surface area contributed by atoms with Crippen molar-refractivity contribution in [2.24, 2.45) is 5.92 Å². The number of carboxylic acids is 1. The zero-order valence-corrected chi connectivity index (χ0v) is 10.5. The van der Waals surface area contributed by atoms with Crippen LogP contribution in [0.3, 0.4) is 0 Å². The van der Waals surface area contributed by atoms with E-state index in [1.807, 2.05) is 12.1 Å². The molecule has 1 aromatic carbocycles. The Bertz CT molecular complexity index is 413. The van der Waals surface area contributed by atoms with Gasteiger partial charge < -0.3 is 9.84 Å². The van der Waals surface area contributed by atoms with Crippen molar-refractivity contribution < 1.29 is 14.6 Å². The minimum Gasteiger partial charge on any atom is -0.496 e. The molecule has 0 amide bonds. The molecule has 0 saturated heterocycles. The Labute approximate surface area is 103 Å². The third-order valence-corrected chi connectivity index (χ3v) is 3.59. The molecule has 0 radical (unpaired) electrons. The summed E-state index contributed by atoms with van der Waals surface area (Å²) in [6, 6.07) is 5.51. The molecule has 1 saturated carbocycles. The largest absolute Gasteiger partial charge is 0.496 e. The summed E-state index contributed by atoms with van der Waals surface area (Å²) < 4.78 is 6.05. The zero-order valence-electron chi connectivity index (χ0n) is 8.94. The van der Waals surface area contributed by atoms with E-state index in [-0.39, 0.29) is 5.92 Å². The average molecular weight is 285 g/mol. The maximum atomic E-state index is 11.3. The summed E-state index contributed by atoms with van der Waals surface area (Å²) in [6.07, 6.45) is 1.98. The van der Waals surface area contributed by atoms with E-state index < -0.39 is 11.9 Å². The summed E-state index contributed by atoms with van der Waals surface area (Å²) in [5.41, 5.74) is 0.764. The number of carboxylic acid groups (broad SMARTS) is 1. The first-order valence-electron chi connectivity index (χ1n) is 5.20. The van der Waals surface area contributed by atoms with Gasteiger partial charge in [-0.15, -0.1) is 0 Å². The predicted octanol–water partition coefficient (Wildman–Crippen LogP) is 3.04. The van der Waals surface area contributed by atoms with Crippen LogP contribution in [0.15, 0.2) is 22.7 Å². The first kappa shape index (κ1) is 11.5. The highest BCUT2D eigenvalue weighted by atomic mass is 79.9. The van der Waals surface area contributed by atoms with E-state index in [2.05, 4.69) is 15.9 Å². The van der Waals surface area contributed by atoms with Crippen molar-refractivity contribution >= 4 is 21.9 Å². The Kier molecular flexibility index (Phi) is 3.19. The monoisotopic (exact) mass is 284 g/mol. The number of hydrogen-bond acceptors (Lipinski definition) is 2. The van der Waals surface area contributed by atoms with Crippen molar-refractivity contribution in [1.29, 1.82) is 0 Å². The Morgan fingerprint density at radius 3 is 2.75 bits per heavy atom. The zero-order chi connectivity index (χ0) is 11.7. The van der Waals surface area contributed by atoms with Gasteiger partial charge in [0.15, 0.2) is 0 Å². The van der Waals surface area contributed by atoms with Crippen LogP contribution < -0.4 is 4.74 Å². The molecule has 16 heavy (non-hydrogen) atoms. The number of aliphatic carboxylic acids is 1. The van der Waals surface area contributed by atoms with Crippen LogP contribution in [0.5, 0.6) is 5.75 Å². The lowest BCUT2D eigenvalue weighted by Crippen LogP contribution is -2.15. The lowest BCUT2D eigenvalue weighted by Gasteiger charge is -2.17. The van der Waals surface area contributed by atoms with E-state index in [1.165, 1.54) is 0 Å². The number of carbonyl (C=O) groups is 1. The molecule has 0 spiro atoms. The summed E-state index contributed by atoms with van der Waals surface area (Å²) in [4.78, 5) is 11.3. The second-order valence-electron chi connectivity index (χ2n) is 4.01. The van der Waals surface area contributed by atoms with E-state index in [9.17, 15) is 9.90 Å². The van der Waals surface area contributed by atoms with Crippen molar-refractivity contribution in [2.75, 3.05) is 7.11 Å². The fourth-order valence-corrected chi connectivity index (χ4v) is 2.58. The van der Waals surface area contributed by atoms with Gasteiger partial charge in [-0.3, -0.25) is 4.79 Å². The lowest BCUT2D eigenvalue weighted by atomic mass is 9.93. The Hall–Kier alpha value is -1.03. The second-order valence-corrected chi connectivity index (χ2v) is 4.86. The molecule has 0 aromatic heterocycles.